The van der Waals surface area contributed by atoms with Crippen LogP contribution in [0.25, 0.3) is 11.3 Å². The van der Waals surface area contributed by atoms with Crippen LogP contribution in [-0.4, -0.2) is 11.0 Å². The molecule has 0 fully saturated rings. The zero-order valence-electron chi connectivity index (χ0n) is 12.5. The van der Waals surface area contributed by atoms with E-state index < -0.39 is 0 Å². The smallest absolute Gasteiger partial charge is 0.323 e. The summed E-state index contributed by atoms with van der Waals surface area (Å²) in [5.74, 6) is 0.693. The maximum atomic E-state index is 12.0. The summed E-state index contributed by atoms with van der Waals surface area (Å²) in [5.41, 5.74) is 9.51. The van der Waals surface area contributed by atoms with Crippen LogP contribution in [-0.2, 0) is 0 Å². The van der Waals surface area contributed by atoms with Gasteiger partial charge >= 0.3 is 6.03 Å². The highest BCUT2D eigenvalue weighted by Crippen LogP contribution is 2.25. The van der Waals surface area contributed by atoms with Crippen LogP contribution in [0.3, 0.4) is 0 Å². The average molecular weight is 308 g/mol. The molecule has 1 heterocycles. The number of oxazole rings is 1. The van der Waals surface area contributed by atoms with E-state index in [1.807, 2.05) is 25.1 Å². The quantitative estimate of drug-likeness (QED) is 0.640. The van der Waals surface area contributed by atoms with Gasteiger partial charge in [-0.25, -0.2) is 9.78 Å². The van der Waals surface area contributed by atoms with Crippen molar-refractivity contribution in [3.05, 3.63) is 60.6 Å². The molecule has 0 aliphatic rings. The molecule has 0 bridgehead atoms. The van der Waals surface area contributed by atoms with Gasteiger partial charge in [-0.2, -0.15) is 0 Å². The van der Waals surface area contributed by atoms with E-state index in [4.69, 9.17) is 10.2 Å². The lowest BCUT2D eigenvalue weighted by atomic mass is 10.1. The predicted octanol–water partition coefficient (Wildman–Crippen LogP) is 3.88. The molecule has 2 aromatic carbocycles. The summed E-state index contributed by atoms with van der Waals surface area (Å²) in [7, 11) is 0. The second kappa shape index (κ2) is 6.23. The van der Waals surface area contributed by atoms with Gasteiger partial charge in [0.25, 0.3) is 0 Å². The zero-order chi connectivity index (χ0) is 16.2. The van der Waals surface area contributed by atoms with Crippen molar-refractivity contribution in [3.8, 4) is 11.3 Å². The number of nitrogen functional groups attached to an aromatic ring is 1. The highest BCUT2D eigenvalue weighted by molar-refractivity contribution is 6.00. The number of aromatic nitrogens is 1. The highest BCUT2D eigenvalue weighted by atomic mass is 16.3. The molecule has 0 saturated carbocycles. The van der Waals surface area contributed by atoms with Gasteiger partial charge in [0.2, 0.25) is 0 Å². The fraction of sp³-hybridized carbons (Fsp3) is 0.0588. The van der Waals surface area contributed by atoms with Gasteiger partial charge in [-0.1, -0.05) is 6.07 Å². The molecule has 0 aliphatic carbocycles. The highest BCUT2D eigenvalue weighted by Gasteiger charge is 2.08. The molecule has 3 aromatic rings. The number of nitrogens with two attached hydrogens (primary N) is 1. The maximum Gasteiger partial charge on any atom is 0.323 e. The van der Waals surface area contributed by atoms with Crippen molar-refractivity contribution in [3.63, 3.8) is 0 Å². The lowest BCUT2D eigenvalue weighted by Gasteiger charge is -2.10. The third-order valence-electron chi connectivity index (χ3n) is 3.33. The summed E-state index contributed by atoms with van der Waals surface area (Å²) < 4.78 is 5.29. The summed E-state index contributed by atoms with van der Waals surface area (Å²) >= 11 is 0. The minimum absolute atomic E-state index is 0.331. The first kappa shape index (κ1) is 14.6. The van der Waals surface area contributed by atoms with Gasteiger partial charge in [0, 0.05) is 22.6 Å². The Morgan fingerprint density at radius 1 is 1.13 bits per heavy atom. The fourth-order valence-corrected chi connectivity index (χ4v) is 2.28. The molecule has 4 N–H and O–H groups in total. The molecular weight excluding hydrogens is 292 g/mol. The zero-order valence-corrected chi connectivity index (χ0v) is 12.5. The number of aryl methyl sites for hydroxylation is 1. The van der Waals surface area contributed by atoms with Gasteiger partial charge in [-0.3, -0.25) is 0 Å². The summed E-state index contributed by atoms with van der Waals surface area (Å²) in [6, 6.07) is 12.2. The molecule has 0 unspecified atom stereocenters. The van der Waals surface area contributed by atoms with Crippen molar-refractivity contribution in [2.24, 2.45) is 0 Å². The Morgan fingerprint density at radius 2 is 1.91 bits per heavy atom. The van der Waals surface area contributed by atoms with Crippen LogP contribution >= 0.6 is 0 Å². The average Bonchev–Trinajstić information content (AvgIpc) is 3.01. The van der Waals surface area contributed by atoms with Crippen molar-refractivity contribution < 1.29 is 9.21 Å². The van der Waals surface area contributed by atoms with Crippen molar-refractivity contribution in [1.82, 2.24) is 4.98 Å². The number of benzene rings is 2. The minimum Gasteiger partial charge on any atom is -0.444 e. The first-order valence-corrected chi connectivity index (χ1v) is 7.05. The molecule has 2 amide bonds. The van der Waals surface area contributed by atoms with E-state index in [1.165, 1.54) is 6.39 Å². The van der Waals surface area contributed by atoms with Crippen molar-refractivity contribution in [2.45, 2.75) is 6.92 Å². The third-order valence-corrected chi connectivity index (χ3v) is 3.33. The molecule has 0 aliphatic heterocycles. The van der Waals surface area contributed by atoms with Crippen LogP contribution < -0.4 is 16.4 Å². The topological polar surface area (TPSA) is 93.2 Å². The van der Waals surface area contributed by atoms with Gasteiger partial charge < -0.3 is 20.8 Å². The molecule has 23 heavy (non-hydrogen) atoms. The van der Waals surface area contributed by atoms with Crippen LogP contribution in [0.15, 0.2) is 59.5 Å². The van der Waals surface area contributed by atoms with Gasteiger partial charge in [0.1, 0.15) is 0 Å². The number of anilines is 3. The molecule has 0 radical (unpaired) electrons. The molecule has 1 aromatic heterocycles. The number of urea groups is 1. The van der Waals surface area contributed by atoms with Crippen LogP contribution in [0.4, 0.5) is 21.9 Å². The van der Waals surface area contributed by atoms with E-state index in [0.717, 1.165) is 11.1 Å². The number of rotatable bonds is 3. The summed E-state index contributed by atoms with van der Waals surface area (Å²) in [6.45, 7) is 1.94. The molecule has 0 spiro atoms. The molecular formula is C17H16N4O2. The molecule has 116 valence electrons. The molecule has 6 heteroatoms. The number of nitrogens with zero attached hydrogens (tertiary/aromatic N) is 1. The Morgan fingerprint density at radius 3 is 2.57 bits per heavy atom. The van der Waals surface area contributed by atoms with Crippen molar-refractivity contribution in [2.75, 3.05) is 16.4 Å². The van der Waals surface area contributed by atoms with Gasteiger partial charge in [0.15, 0.2) is 12.2 Å². The predicted molar refractivity (Wildman–Crippen MR) is 90.2 cm³/mol. The molecule has 3 rings (SSSR count). The first-order valence-electron chi connectivity index (χ1n) is 7.05. The van der Waals surface area contributed by atoms with Crippen molar-refractivity contribution in [1.29, 1.82) is 0 Å². The lowest BCUT2D eigenvalue weighted by molar-refractivity contribution is 0.262. The van der Waals surface area contributed by atoms with Crippen LogP contribution in [0.1, 0.15) is 5.56 Å². The summed E-state index contributed by atoms with van der Waals surface area (Å²) in [4.78, 5) is 15.9. The Labute approximate surface area is 133 Å². The van der Waals surface area contributed by atoms with E-state index in [2.05, 4.69) is 15.6 Å². The van der Waals surface area contributed by atoms with Gasteiger partial charge in [-0.05, 0) is 48.9 Å². The van der Waals surface area contributed by atoms with Crippen LogP contribution in [0.2, 0.25) is 0 Å². The standard InChI is InChI=1S/C17H16N4O2/c1-11-7-14(5-6-15(11)16-9-19-10-23-16)21-17(22)20-13-4-2-3-12(18)8-13/h2-10H,18H2,1H3,(H2,20,21,22). The lowest BCUT2D eigenvalue weighted by Crippen LogP contribution is -2.19. The summed E-state index contributed by atoms with van der Waals surface area (Å²) in [6.07, 6.45) is 3.04. The molecule has 6 nitrogen and oxygen atoms in total. The van der Waals surface area contributed by atoms with E-state index >= 15 is 0 Å². The van der Waals surface area contributed by atoms with E-state index in [0.29, 0.717) is 22.8 Å². The third kappa shape index (κ3) is 3.49. The number of amides is 2. The molecule has 0 atom stereocenters. The second-order valence-electron chi connectivity index (χ2n) is 5.10. The molecule has 0 saturated heterocycles. The maximum absolute atomic E-state index is 12.0. The van der Waals surface area contributed by atoms with E-state index in [9.17, 15) is 4.79 Å². The summed E-state index contributed by atoms with van der Waals surface area (Å²) in [5, 5.41) is 5.52. The number of hydrogen-bond acceptors (Lipinski definition) is 4. The SMILES string of the molecule is Cc1cc(NC(=O)Nc2cccc(N)c2)ccc1-c1cnco1. The Balaban J connectivity index is 1.70. The second-order valence-corrected chi connectivity index (χ2v) is 5.10. The van der Waals surface area contributed by atoms with Crippen molar-refractivity contribution >= 4 is 23.1 Å². The largest absolute Gasteiger partial charge is 0.444 e. The number of carbonyl (C=O) groups is 1. The van der Waals surface area contributed by atoms with Crippen LogP contribution in [0, 0.1) is 6.92 Å². The van der Waals surface area contributed by atoms with Gasteiger partial charge in [0.05, 0.1) is 6.20 Å². The van der Waals surface area contributed by atoms with E-state index in [1.54, 1.807) is 30.5 Å². The first-order chi connectivity index (χ1) is 11.1. The number of nitrogens with one attached hydrogen (secondary N) is 2. The minimum atomic E-state index is -0.331. The fourth-order valence-electron chi connectivity index (χ4n) is 2.28. The monoisotopic (exact) mass is 308 g/mol. The normalized spacial score (nSPS) is 10.3. The Kier molecular flexibility index (Phi) is 3.97. The Hall–Kier alpha value is -3.28. The Bertz CT molecular complexity index is 828. The van der Waals surface area contributed by atoms with Crippen LogP contribution in [0.5, 0.6) is 0 Å². The van der Waals surface area contributed by atoms with Gasteiger partial charge in [-0.15, -0.1) is 0 Å². The van der Waals surface area contributed by atoms with E-state index in [-0.39, 0.29) is 6.03 Å². The number of carbonyl (C=O) groups excluding carboxylic acids is 1. The number of hydrogen-bond donors (Lipinski definition) is 3.